The predicted octanol–water partition coefficient (Wildman–Crippen LogP) is 2.97. The van der Waals surface area contributed by atoms with Crippen molar-refractivity contribution in [3.05, 3.63) is 0 Å². The standard InChI is InChI=1S/C12H24F3NO2Si/c1-4-11(8-9-12(13,14)15)7-5-6-10-16(11)19(17-2)18-3/h19H,4-10H2,1-3H3. The van der Waals surface area contributed by atoms with E-state index in [-0.39, 0.29) is 6.42 Å². The maximum absolute atomic E-state index is 12.5. The molecule has 114 valence electrons. The second-order valence-corrected chi connectivity index (χ2v) is 7.30. The number of rotatable bonds is 6. The molecule has 0 aromatic carbocycles. The highest BCUT2D eigenvalue weighted by atomic mass is 28.3. The third-order valence-electron chi connectivity index (χ3n) is 4.09. The van der Waals surface area contributed by atoms with Crippen molar-refractivity contribution in [1.29, 1.82) is 0 Å². The van der Waals surface area contributed by atoms with Gasteiger partial charge in [0.05, 0.1) is 0 Å². The van der Waals surface area contributed by atoms with Crippen LogP contribution in [-0.2, 0) is 8.85 Å². The van der Waals surface area contributed by atoms with Gasteiger partial charge in [0.25, 0.3) is 0 Å². The Bertz CT molecular complexity index is 274. The lowest BCUT2D eigenvalue weighted by molar-refractivity contribution is -0.142. The molecule has 3 nitrogen and oxygen atoms in total. The lowest BCUT2D eigenvalue weighted by atomic mass is 9.82. The number of halogens is 3. The second-order valence-electron chi connectivity index (χ2n) is 5.12. The molecule has 0 radical (unpaired) electrons. The fraction of sp³-hybridized carbons (Fsp3) is 1.00. The Balaban J connectivity index is 2.84. The zero-order valence-corrected chi connectivity index (χ0v) is 13.1. The van der Waals surface area contributed by atoms with E-state index in [9.17, 15) is 13.2 Å². The molecular formula is C12H24F3NO2Si. The molecule has 0 spiro atoms. The monoisotopic (exact) mass is 299 g/mol. The van der Waals surface area contributed by atoms with E-state index < -0.39 is 27.6 Å². The van der Waals surface area contributed by atoms with E-state index in [0.29, 0.717) is 6.42 Å². The van der Waals surface area contributed by atoms with E-state index in [1.807, 2.05) is 6.92 Å². The third kappa shape index (κ3) is 4.44. The van der Waals surface area contributed by atoms with Crippen molar-refractivity contribution in [1.82, 2.24) is 4.57 Å². The van der Waals surface area contributed by atoms with Crippen molar-refractivity contribution >= 4 is 9.45 Å². The van der Waals surface area contributed by atoms with Gasteiger partial charge >= 0.3 is 15.6 Å². The molecule has 7 heteroatoms. The van der Waals surface area contributed by atoms with Crippen LogP contribution in [0, 0.1) is 0 Å². The largest absolute Gasteiger partial charge is 0.410 e. The van der Waals surface area contributed by atoms with Crippen LogP contribution in [0.4, 0.5) is 13.2 Å². The van der Waals surface area contributed by atoms with E-state index in [2.05, 4.69) is 4.57 Å². The Morgan fingerprint density at radius 3 is 2.32 bits per heavy atom. The SMILES string of the molecule is CCC1(CCC(F)(F)F)CCCCN1[SiH](OC)OC. The van der Waals surface area contributed by atoms with Crippen molar-refractivity contribution < 1.29 is 22.0 Å². The second kappa shape index (κ2) is 7.06. The highest BCUT2D eigenvalue weighted by Crippen LogP contribution is 2.38. The molecule has 0 bridgehead atoms. The zero-order chi connectivity index (χ0) is 14.5. The quantitative estimate of drug-likeness (QED) is 0.704. The van der Waals surface area contributed by atoms with Gasteiger partial charge in [-0.2, -0.15) is 13.2 Å². The van der Waals surface area contributed by atoms with Gasteiger partial charge in [0.15, 0.2) is 0 Å². The minimum absolute atomic E-state index is 0.142. The maximum atomic E-state index is 12.5. The van der Waals surface area contributed by atoms with Gasteiger partial charge in [-0.3, -0.25) is 4.57 Å². The molecule has 0 saturated carbocycles. The number of hydrogen-bond acceptors (Lipinski definition) is 3. The van der Waals surface area contributed by atoms with Gasteiger partial charge < -0.3 is 8.85 Å². The molecule has 1 aliphatic heterocycles. The molecule has 1 fully saturated rings. The highest BCUT2D eigenvalue weighted by molar-refractivity contribution is 6.41. The molecule has 19 heavy (non-hydrogen) atoms. The molecule has 0 N–H and O–H groups in total. The first-order chi connectivity index (χ1) is 8.88. The van der Waals surface area contributed by atoms with E-state index in [1.165, 1.54) is 0 Å². The first-order valence-corrected chi connectivity index (χ1v) is 8.23. The summed E-state index contributed by atoms with van der Waals surface area (Å²) >= 11 is 0. The van der Waals surface area contributed by atoms with Crippen LogP contribution in [0.1, 0.15) is 45.4 Å². The average Bonchev–Trinajstić information content (AvgIpc) is 2.38. The van der Waals surface area contributed by atoms with Crippen LogP contribution in [0.2, 0.25) is 0 Å². The van der Waals surface area contributed by atoms with Crippen LogP contribution in [0.5, 0.6) is 0 Å². The molecule has 1 saturated heterocycles. The summed E-state index contributed by atoms with van der Waals surface area (Å²) in [4.78, 5) is 0. The van der Waals surface area contributed by atoms with Gasteiger partial charge in [0.2, 0.25) is 0 Å². The van der Waals surface area contributed by atoms with Crippen LogP contribution in [0.25, 0.3) is 0 Å². The first-order valence-electron chi connectivity index (χ1n) is 6.77. The van der Waals surface area contributed by atoms with Crippen LogP contribution in [0.3, 0.4) is 0 Å². The Morgan fingerprint density at radius 1 is 1.21 bits per heavy atom. The molecule has 0 amide bonds. The summed E-state index contributed by atoms with van der Waals surface area (Å²) < 4.78 is 50.5. The van der Waals surface area contributed by atoms with E-state index in [0.717, 1.165) is 25.8 Å². The van der Waals surface area contributed by atoms with Crippen LogP contribution in [-0.4, -0.2) is 46.5 Å². The fourth-order valence-corrected chi connectivity index (χ4v) is 4.98. The van der Waals surface area contributed by atoms with E-state index in [4.69, 9.17) is 8.85 Å². The summed E-state index contributed by atoms with van der Waals surface area (Å²) in [6.07, 6.45) is -1.19. The number of nitrogens with zero attached hydrogens (tertiary/aromatic N) is 1. The zero-order valence-electron chi connectivity index (χ0n) is 11.9. The van der Waals surface area contributed by atoms with Gasteiger partial charge in [-0.05, 0) is 32.2 Å². The first kappa shape index (κ1) is 16.9. The predicted molar refractivity (Wildman–Crippen MR) is 70.0 cm³/mol. The smallest absolute Gasteiger partial charge is 0.388 e. The fourth-order valence-electron chi connectivity index (χ4n) is 3.00. The highest BCUT2D eigenvalue weighted by Gasteiger charge is 2.44. The summed E-state index contributed by atoms with van der Waals surface area (Å²) in [5, 5.41) is 0. The molecule has 1 heterocycles. The summed E-state index contributed by atoms with van der Waals surface area (Å²) in [7, 11) is 1.13. The molecule has 1 unspecified atom stereocenters. The Morgan fingerprint density at radius 2 is 1.84 bits per heavy atom. The van der Waals surface area contributed by atoms with Crippen molar-refractivity contribution in [3.63, 3.8) is 0 Å². The minimum atomic E-state index is -4.09. The topological polar surface area (TPSA) is 21.7 Å². The van der Waals surface area contributed by atoms with Crippen molar-refractivity contribution in [3.8, 4) is 0 Å². The Kier molecular flexibility index (Phi) is 6.29. The minimum Gasteiger partial charge on any atom is -0.388 e. The molecule has 0 aromatic heterocycles. The summed E-state index contributed by atoms with van der Waals surface area (Å²) in [5.41, 5.74) is -0.406. The van der Waals surface area contributed by atoms with Gasteiger partial charge in [-0.25, -0.2) is 0 Å². The number of piperidine rings is 1. The lowest BCUT2D eigenvalue weighted by Crippen LogP contribution is -2.59. The van der Waals surface area contributed by atoms with Gasteiger partial charge in [0, 0.05) is 26.2 Å². The van der Waals surface area contributed by atoms with Crippen molar-refractivity contribution in [2.24, 2.45) is 0 Å². The maximum Gasteiger partial charge on any atom is 0.410 e. The lowest BCUT2D eigenvalue weighted by Gasteiger charge is -2.49. The number of hydrogen-bond donors (Lipinski definition) is 0. The molecule has 1 atom stereocenters. The van der Waals surface area contributed by atoms with E-state index in [1.54, 1.807) is 14.2 Å². The van der Waals surface area contributed by atoms with Crippen molar-refractivity contribution in [2.75, 3.05) is 20.8 Å². The van der Waals surface area contributed by atoms with Gasteiger partial charge in [-0.15, -0.1) is 0 Å². The average molecular weight is 299 g/mol. The van der Waals surface area contributed by atoms with E-state index >= 15 is 0 Å². The van der Waals surface area contributed by atoms with Crippen LogP contribution < -0.4 is 0 Å². The Hall–Kier alpha value is -0.113. The normalized spacial score (nSPS) is 26.1. The molecule has 1 aliphatic rings. The molecule has 0 aliphatic carbocycles. The number of alkyl halides is 3. The molecular weight excluding hydrogens is 275 g/mol. The van der Waals surface area contributed by atoms with Gasteiger partial charge in [-0.1, -0.05) is 13.3 Å². The van der Waals surface area contributed by atoms with Crippen molar-refractivity contribution in [2.45, 2.75) is 57.2 Å². The van der Waals surface area contributed by atoms with Gasteiger partial charge in [0.1, 0.15) is 0 Å². The summed E-state index contributed by atoms with van der Waals surface area (Å²) in [6, 6.07) is 0. The third-order valence-corrected chi connectivity index (χ3v) is 6.21. The summed E-state index contributed by atoms with van der Waals surface area (Å²) in [6.45, 7) is 2.75. The Labute approximate surface area is 115 Å². The molecule has 1 rings (SSSR count). The van der Waals surface area contributed by atoms with Crippen LogP contribution in [0.15, 0.2) is 0 Å². The molecule has 0 aromatic rings. The summed E-state index contributed by atoms with van der Waals surface area (Å²) in [5.74, 6) is 0. The van der Waals surface area contributed by atoms with Crippen LogP contribution >= 0.6 is 0 Å².